The number of nitrogens with one attached hydrogen (secondary N) is 1. The number of rotatable bonds is 1. The molecule has 2 rings (SSSR count). The number of aromatic nitrogens is 1. The van der Waals surface area contributed by atoms with Crippen LogP contribution in [0.2, 0.25) is 0 Å². The molecule has 2 heterocycles. The fourth-order valence-electron chi connectivity index (χ4n) is 1.40. The van der Waals surface area contributed by atoms with Crippen molar-refractivity contribution in [2.75, 3.05) is 18.8 Å². The summed E-state index contributed by atoms with van der Waals surface area (Å²) in [5, 5.41) is 4.13. The Morgan fingerprint density at radius 3 is 3.18 bits per heavy atom. The van der Waals surface area contributed by atoms with Crippen molar-refractivity contribution in [3.63, 3.8) is 0 Å². The van der Waals surface area contributed by atoms with Crippen molar-refractivity contribution in [2.45, 2.75) is 12.3 Å². The maximum Gasteiger partial charge on any atom is 0.107 e. The molecular formula is C7H11N3S. The first-order valence-electron chi connectivity index (χ1n) is 3.79. The van der Waals surface area contributed by atoms with E-state index >= 15 is 0 Å². The molecule has 1 aliphatic heterocycles. The first kappa shape index (κ1) is 7.06. The molecule has 0 saturated carbocycles. The topological polar surface area (TPSA) is 50.9 Å². The van der Waals surface area contributed by atoms with Gasteiger partial charge in [-0.25, -0.2) is 0 Å². The predicted octanol–water partition coefficient (Wildman–Crippen LogP) is 0.802. The van der Waals surface area contributed by atoms with Crippen LogP contribution in [0.3, 0.4) is 0 Å². The largest absolute Gasteiger partial charge is 0.389 e. The third-order valence-corrected chi connectivity index (χ3v) is 2.66. The van der Waals surface area contributed by atoms with Crippen LogP contribution in [0.15, 0.2) is 6.07 Å². The normalized spacial score (nSPS) is 24.2. The van der Waals surface area contributed by atoms with Gasteiger partial charge >= 0.3 is 0 Å². The van der Waals surface area contributed by atoms with Gasteiger partial charge in [-0.3, -0.25) is 0 Å². The van der Waals surface area contributed by atoms with Gasteiger partial charge in [0.05, 0.1) is 5.69 Å². The van der Waals surface area contributed by atoms with Crippen LogP contribution in [0.25, 0.3) is 0 Å². The van der Waals surface area contributed by atoms with Crippen LogP contribution >= 0.6 is 11.5 Å². The summed E-state index contributed by atoms with van der Waals surface area (Å²) in [6, 6.07) is 1.99. The second-order valence-corrected chi connectivity index (χ2v) is 3.68. The van der Waals surface area contributed by atoms with Crippen molar-refractivity contribution in [2.24, 2.45) is 0 Å². The van der Waals surface area contributed by atoms with Crippen LogP contribution < -0.4 is 11.1 Å². The average Bonchev–Trinajstić information content (AvgIpc) is 2.55. The van der Waals surface area contributed by atoms with Crippen LogP contribution in [-0.2, 0) is 0 Å². The van der Waals surface area contributed by atoms with Gasteiger partial charge in [0.1, 0.15) is 5.00 Å². The Morgan fingerprint density at radius 2 is 2.64 bits per heavy atom. The Kier molecular flexibility index (Phi) is 1.79. The summed E-state index contributed by atoms with van der Waals surface area (Å²) >= 11 is 1.39. The molecule has 0 spiro atoms. The summed E-state index contributed by atoms with van der Waals surface area (Å²) in [4.78, 5) is 0. The van der Waals surface area contributed by atoms with E-state index in [9.17, 15) is 0 Å². The number of hydrogen-bond donors (Lipinski definition) is 2. The molecule has 1 fully saturated rings. The van der Waals surface area contributed by atoms with E-state index in [4.69, 9.17) is 5.73 Å². The first-order chi connectivity index (χ1) is 5.36. The minimum atomic E-state index is 0.601. The highest BCUT2D eigenvalue weighted by Crippen LogP contribution is 2.24. The smallest absolute Gasteiger partial charge is 0.107 e. The van der Waals surface area contributed by atoms with E-state index < -0.39 is 0 Å². The van der Waals surface area contributed by atoms with Gasteiger partial charge in [-0.05, 0) is 30.6 Å². The fourth-order valence-corrected chi connectivity index (χ4v) is 1.99. The predicted molar refractivity (Wildman–Crippen MR) is 46.8 cm³/mol. The number of nitrogens with zero attached hydrogens (tertiary/aromatic N) is 1. The summed E-state index contributed by atoms with van der Waals surface area (Å²) in [5.41, 5.74) is 6.75. The zero-order valence-corrected chi connectivity index (χ0v) is 7.03. The van der Waals surface area contributed by atoms with Crippen LogP contribution in [0, 0.1) is 0 Å². The molecule has 1 aromatic rings. The Labute approximate surface area is 69.8 Å². The molecule has 3 N–H and O–H groups in total. The Hall–Kier alpha value is -0.610. The maximum atomic E-state index is 5.58. The van der Waals surface area contributed by atoms with Crippen molar-refractivity contribution < 1.29 is 0 Å². The van der Waals surface area contributed by atoms with E-state index in [1.165, 1.54) is 18.0 Å². The van der Waals surface area contributed by atoms with Crippen LogP contribution in [0.1, 0.15) is 18.0 Å². The van der Waals surface area contributed by atoms with Crippen molar-refractivity contribution in [1.82, 2.24) is 9.69 Å². The molecule has 11 heavy (non-hydrogen) atoms. The summed E-state index contributed by atoms with van der Waals surface area (Å²) in [6.45, 7) is 2.17. The number of nitrogens with two attached hydrogens (primary N) is 1. The van der Waals surface area contributed by atoms with E-state index in [-0.39, 0.29) is 0 Å². The van der Waals surface area contributed by atoms with Gasteiger partial charge < -0.3 is 11.1 Å². The minimum absolute atomic E-state index is 0.601. The highest BCUT2D eigenvalue weighted by Gasteiger charge is 2.18. The molecule has 1 unspecified atom stereocenters. The fraction of sp³-hybridized carbons (Fsp3) is 0.571. The van der Waals surface area contributed by atoms with E-state index in [0.29, 0.717) is 5.92 Å². The van der Waals surface area contributed by atoms with E-state index in [1.54, 1.807) is 0 Å². The summed E-state index contributed by atoms with van der Waals surface area (Å²) in [6.07, 6.45) is 1.20. The molecule has 1 aliphatic rings. The minimum Gasteiger partial charge on any atom is -0.389 e. The van der Waals surface area contributed by atoms with Crippen molar-refractivity contribution in [3.8, 4) is 0 Å². The average molecular weight is 169 g/mol. The summed E-state index contributed by atoms with van der Waals surface area (Å²) in [7, 11) is 0. The molecule has 0 amide bonds. The van der Waals surface area contributed by atoms with Gasteiger partial charge in [-0.15, -0.1) is 0 Å². The highest BCUT2D eigenvalue weighted by atomic mass is 32.1. The van der Waals surface area contributed by atoms with Crippen LogP contribution in [-0.4, -0.2) is 17.5 Å². The third kappa shape index (κ3) is 1.36. The lowest BCUT2D eigenvalue weighted by molar-refractivity contribution is 0.746. The standard InChI is InChI=1S/C7H11N3S/c8-7-3-6(10-11-7)5-1-2-9-4-5/h3,5,9H,1-2,4,8H2. The van der Waals surface area contributed by atoms with Crippen LogP contribution in [0.4, 0.5) is 5.00 Å². The summed E-state index contributed by atoms with van der Waals surface area (Å²) in [5.74, 6) is 0.601. The third-order valence-electron chi connectivity index (χ3n) is 2.03. The van der Waals surface area contributed by atoms with Crippen molar-refractivity contribution >= 4 is 16.5 Å². The van der Waals surface area contributed by atoms with Crippen LogP contribution in [0.5, 0.6) is 0 Å². The van der Waals surface area contributed by atoms with Gasteiger partial charge in [-0.2, -0.15) is 4.37 Å². The molecule has 60 valence electrons. The Morgan fingerprint density at radius 1 is 1.73 bits per heavy atom. The molecule has 0 aromatic carbocycles. The van der Waals surface area contributed by atoms with E-state index in [2.05, 4.69) is 9.69 Å². The Balaban J connectivity index is 2.15. The molecule has 0 bridgehead atoms. The molecule has 1 aromatic heterocycles. The molecule has 1 atom stereocenters. The Bertz CT molecular complexity index is 240. The lowest BCUT2D eigenvalue weighted by Crippen LogP contribution is -2.07. The summed E-state index contributed by atoms with van der Waals surface area (Å²) < 4.78 is 4.27. The molecule has 0 aliphatic carbocycles. The second-order valence-electron chi connectivity index (χ2n) is 2.84. The second kappa shape index (κ2) is 2.79. The molecule has 3 nitrogen and oxygen atoms in total. The lowest BCUT2D eigenvalue weighted by Gasteiger charge is -2.00. The maximum absolute atomic E-state index is 5.58. The lowest BCUT2D eigenvalue weighted by atomic mass is 10.1. The van der Waals surface area contributed by atoms with Gasteiger partial charge in [0, 0.05) is 12.5 Å². The SMILES string of the molecule is Nc1cc(C2CCNC2)ns1. The zero-order valence-electron chi connectivity index (χ0n) is 6.21. The quantitative estimate of drug-likeness (QED) is 0.654. The number of hydrogen-bond acceptors (Lipinski definition) is 4. The highest BCUT2D eigenvalue weighted by molar-refractivity contribution is 7.10. The van der Waals surface area contributed by atoms with Gasteiger partial charge in [0.15, 0.2) is 0 Å². The van der Waals surface area contributed by atoms with E-state index in [0.717, 1.165) is 23.8 Å². The van der Waals surface area contributed by atoms with Gasteiger partial charge in [0.2, 0.25) is 0 Å². The monoisotopic (exact) mass is 169 g/mol. The zero-order chi connectivity index (χ0) is 7.68. The molecular weight excluding hydrogens is 158 g/mol. The molecule has 4 heteroatoms. The van der Waals surface area contributed by atoms with Gasteiger partial charge in [-0.1, -0.05) is 0 Å². The van der Waals surface area contributed by atoms with Crippen molar-refractivity contribution in [3.05, 3.63) is 11.8 Å². The van der Waals surface area contributed by atoms with Crippen molar-refractivity contribution in [1.29, 1.82) is 0 Å². The first-order valence-corrected chi connectivity index (χ1v) is 4.56. The van der Waals surface area contributed by atoms with E-state index in [1.807, 2.05) is 6.07 Å². The molecule has 0 radical (unpaired) electrons. The number of anilines is 1. The number of nitrogen functional groups attached to an aromatic ring is 1. The molecule has 1 saturated heterocycles. The van der Waals surface area contributed by atoms with Gasteiger partial charge in [0.25, 0.3) is 0 Å².